The molecule has 1 rings (SSSR count). The average Bonchev–Trinajstić information content (AvgIpc) is 2.25. The van der Waals surface area contributed by atoms with E-state index in [1.165, 1.54) is 18.2 Å². The summed E-state index contributed by atoms with van der Waals surface area (Å²) in [4.78, 5) is 11.7. The molecule has 0 heterocycles. The van der Waals surface area contributed by atoms with E-state index in [1.807, 2.05) is 6.92 Å². The topological polar surface area (TPSA) is 29.1 Å². The van der Waals surface area contributed by atoms with Crippen LogP contribution in [0.3, 0.4) is 0 Å². The summed E-state index contributed by atoms with van der Waals surface area (Å²) in [6, 6.07) is 4.10. The molecule has 1 atom stereocenters. The first-order valence-corrected chi connectivity index (χ1v) is 5.66. The average molecular weight is 244 g/mol. The monoisotopic (exact) mass is 243 g/mol. The highest BCUT2D eigenvalue weighted by molar-refractivity contribution is 6.20. The molecule has 0 aliphatic rings. The lowest BCUT2D eigenvalue weighted by Gasteiger charge is -2.10. The third kappa shape index (κ3) is 3.49. The van der Waals surface area contributed by atoms with Crippen molar-refractivity contribution in [2.75, 3.05) is 6.54 Å². The minimum atomic E-state index is -0.335. The fourth-order valence-corrected chi connectivity index (χ4v) is 1.40. The van der Waals surface area contributed by atoms with E-state index in [0.717, 1.165) is 6.42 Å². The molecule has 0 spiro atoms. The van der Waals surface area contributed by atoms with Gasteiger partial charge in [0.05, 0.1) is 5.38 Å². The summed E-state index contributed by atoms with van der Waals surface area (Å²) in [5.74, 6) is -0.547. The Morgan fingerprint density at radius 2 is 2.25 bits per heavy atom. The minimum Gasteiger partial charge on any atom is -0.351 e. The fourth-order valence-electron chi connectivity index (χ4n) is 1.32. The van der Waals surface area contributed by atoms with Gasteiger partial charge in [-0.3, -0.25) is 4.79 Å². The zero-order valence-electron chi connectivity index (χ0n) is 9.39. The van der Waals surface area contributed by atoms with E-state index in [9.17, 15) is 9.18 Å². The van der Waals surface area contributed by atoms with Crippen LogP contribution in [-0.4, -0.2) is 17.8 Å². The molecule has 0 saturated carbocycles. The zero-order chi connectivity index (χ0) is 12.1. The lowest BCUT2D eigenvalue weighted by Crippen LogP contribution is -2.29. The number of aryl methyl sites for hydroxylation is 1. The SMILES string of the molecule is CCC(Cl)CNC(=O)c1ccc(F)cc1C. The van der Waals surface area contributed by atoms with Gasteiger partial charge in [-0.1, -0.05) is 6.92 Å². The van der Waals surface area contributed by atoms with Crippen LogP contribution < -0.4 is 5.32 Å². The van der Waals surface area contributed by atoms with Crippen LogP contribution in [0.2, 0.25) is 0 Å². The van der Waals surface area contributed by atoms with E-state index < -0.39 is 0 Å². The molecule has 4 heteroatoms. The smallest absolute Gasteiger partial charge is 0.251 e. The molecule has 1 aromatic rings. The van der Waals surface area contributed by atoms with Crippen molar-refractivity contribution >= 4 is 17.5 Å². The third-order valence-electron chi connectivity index (χ3n) is 2.36. The summed E-state index contributed by atoms with van der Waals surface area (Å²) in [5, 5.41) is 2.65. The molecule has 2 nitrogen and oxygen atoms in total. The van der Waals surface area contributed by atoms with Crippen molar-refractivity contribution in [3.8, 4) is 0 Å². The van der Waals surface area contributed by atoms with Crippen molar-refractivity contribution in [2.45, 2.75) is 25.6 Å². The summed E-state index contributed by atoms with van der Waals surface area (Å²) in [5.41, 5.74) is 1.11. The van der Waals surface area contributed by atoms with Gasteiger partial charge in [0.1, 0.15) is 5.82 Å². The number of hydrogen-bond donors (Lipinski definition) is 1. The van der Waals surface area contributed by atoms with Crippen LogP contribution in [0.15, 0.2) is 18.2 Å². The molecule has 1 aromatic carbocycles. The van der Waals surface area contributed by atoms with Gasteiger partial charge in [-0.05, 0) is 37.1 Å². The van der Waals surface area contributed by atoms with E-state index in [-0.39, 0.29) is 17.1 Å². The van der Waals surface area contributed by atoms with Gasteiger partial charge < -0.3 is 5.32 Å². The lowest BCUT2D eigenvalue weighted by atomic mass is 10.1. The molecule has 0 aliphatic heterocycles. The van der Waals surface area contributed by atoms with Crippen molar-refractivity contribution in [1.82, 2.24) is 5.32 Å². The quantitative estimate of drug-likeness (QED) is 0.810. The first kappa shape index (κ1) is 13.0. The van der Waals surface area contributed by atoms with Crippen molar-refractivity contribution in [2.24, 2.45) is 0 Å². The van der Waals surface area contributed by atoms with Crippen molar-refractivity contribution in [3.05, 3.63) is 35.1 Å². The van der Waals surface area contributed by atoms with E-state index in [2.05, 4.69) is 5.32 Å². The standard InChI is InChI=1S/C12H15ClFNO/c1-3-9(13)7-15-12(16)11-5-4-10(14)6-8(11)2/h4-6,9H,3,7H2,1-2H3,(H,15,16). The van der Waals surface area contributed by atoms with Gasteiger partial charge in [-0.15, -0.1) is 11.6 Å². The minimum absolute atomic E-state index is 0.0651. The van der Waals surface area contributed by atoms with E-state index in [0.29, 0.717) is 17.7 Å². The molecule has 0 bridgehead atoms. The van der Waals surface area contributed by atoms with Gasteiger partial charge in [0.15, 0.2) is 0 Å². The Morgan fingerprint density at radius 1 is 1.56 bits per heavy atom. The molecule has 0 saturated heterocycles. The molecule has 1 N–H and O–H groups in total. The Hall–Kier alpha value is -1.09. The second-order valence-corrected chi connectivity index (χ2v) is 4.29. The first-order chi connectivity index (χ1) is 7.54. The predicted molar refractivity (Wildman–Crippen MR) is 63.4 cm³/mol. The number of halogens is 2. The number of benzene rings is 1. The van der Waals surface area contributed by atoms with Crippen LogP contribution in [0.5, 0.6) is 0 Å². The second-order valence-electron chi connectivity index (χ2n) is 3.67. The number of alkyl halides is 1. The number of carbonyl (C=O) groups is 1. The molecule has 0 fully saturated rings. The Kier molecular flexibility index (Phi) is 4.74. The highest BCUT2D eigenvalue weighted by Gasteiger charge is 2.10. The van der Waals surface area contributed by atoms with E-state index in [4.69, 9.17) is 11.6 Å². The van der Waals surface area contributed by atoms with Crippen molar-refractivity contribution in [3.63, 3.8) is 0 Å². The van der Waals surface area contributed by atoms with Crippen LogP contribution in [0, 0.1) is 12.7 Å². The molecule has 0 radical (unpaired) electrons. The van der Waals surface area contributed by atoms with E-state index >= 15 is 0 Å². The molecule has 16 heavy (non-hydrogen) atoms. The van der Waals surface area contributed by atoms with Gasteiger partial charge in [-0.25, -0.2) is 4.39 Å². The zero-order valence-corrected chi connectivity index (χ0v) is 10.1. The second kappa shape index (κ2) is 5.85. The van der Waals surface area contributed by atoms with Gasteiger partial charge >= 0.3 is 0 Å². The van der Waals surface area contributed by atoms with Crippen LogP contribution in [0.4, 0.5) is 4.39 Å². The number of nitrogens with one attached hydrogen (secondary N) is 1. The first-order valence-electron chi connectivity index (χ1n) is 5.23. The van der Waals surface area contributed by atoms with E-state index in [1.54, 1.807) is 6.92 Å². The summed E-state index contributed by atoms with van der Waals surface area (Å²) in [6.45, 7) is 4.08. The maximum absolute atomic E-state index is 12.8. The number of carbonyl (C=O) groups excluding carboxylic acids is 1. The Balaban J connectivity index is 2.66. The highest BCUT2D eigenvalue weighted by atomic mass is 35.5. The lowest BCUT2D eigenvalue weighted by molar-refractivity contribution is 0.0953. The van der Waals surface area contributed by atoms with Crippen molar-refractivity contribution in [1.29, 1.82) is 0 Å². The molecular formula is C12H15ClFNO. The molecule has 88 valence electrons. The van der Waals surface area contributed by atoms with Crippen LogP contribution >= 0.6 is 11.6 Å². The Bertz CT molecular complexity index is 381. The van der Waals surface area contributed by atoms with Crippen LogP contribution in [0.25, 0.3) is 0 Å². The molecule has 0 aliphatic carbocycles. The third-order valence-corrected chi connectivity index (χ3v) is 2.82. The molecule has 1 amide bonds. The number of rotatable bonds is 4. The van der Waals surface area contributed by atoms with Crippen molar-refractivity contribution < 1.29 is 9.18 Å². The normalized spacial score (nSPS) is 12.2. The maximum Gasteiger partial charge on any atom is 0.251 e. The van der Waals surface area contributed by atoms with Gasteiger partial charge in [-0.2, -0.15) is 0 Å². The summed E-state index contributed by atoms with van der Waals surface area (Å²) < 4.78 is 12.8. The fraction of sp³-hybridized carbons (Fsp3) is 0.417. The number of hydrogen-bond acceptors (Lipinski definition) is 1. The van der Waals surface area contributed by atoms with Gasteiger partial charge in [0.2, 0.25) is 0 Å². The summed E-state index contributed by atoms with van der Waals surface area (Å²) in [6.07, 6.45) is 0.796. The Labute approximate surface area is 99.8 Å². The summed E-state index contributed by atoms with van der Waals surface area (Å²) >= 11 is 5.89. The largest absolute Gasteiger partial charge is 0.351 e. The predicted octanol–water partition coefficient (Wildman–Crippen LogP) is 2.88. The Morgan fingerprint density at radius 3 is 2.81 bits per heavy atom. The van der Waals surface area contributed by atoms with Gasteiger partial charge in [0.25, 0.3) is 5.91 Å². The molecule has 1 unspecified atom stereocenters. The maximum atomic E-state index is 12.8. The number of amides is 1. The molecule has 0 aromatic heterocycles. The summed E-state index contributed by atoms with van der Waals surface area (Å²) in [7, 11) is 0. The van der Waals surface area contributed by atoms with Crippen LogP contribution in [0.1, 0.15) is 29.3 Å². The molecular weight excluding hydrogens is 229 g/mol. The van der Waals surface area contributed by atoms with Gasteiger partial charge in [0, 0.05) is 12.1 Å². The van der Waals surface area contributed by atoms with Crippen LogP contribution in [-0.2, 0) is 0 Å². The highest BCUT2D eigenvalue weighted by Crippen LogP contribution is 2.10.